The molecule has 2 aromatic rings. The Morgan fingerprint density at radius 1 is 1.35 bits per heavy atom. The fourth-order valence-corrected chi connectivity index (χ4v) is 2.75. The molecule has 0 fully saturated rings. The lowest BCUT2D eigenvalue weighted by molar-refractivity contribution is 0.0607. The Labute approximate surface area is 109 Å². The molecule has 0 saturated carbocycles. The maximum atomic E-state index is 11.6. The zero-order valence-electron chi connectivity index (χ0n) is 9.14. The fraction of sp³-hybridized carbons (Fsp3) is 0.0833. The number of benzene rings is 1. The molecule has 3 nitrogen and oxygen atoms in total. The number of carbonyl (C=O) groups is 1. The summed E-state index contributed by atoms with van der Waals surface area (Å²) in [6.07, 6.45) is 0. The standard InChI is InChI=1S/C12H11NO2S2/c1-15-12(14)11-9(13-16)7-10(17-11)8-5-3-2-4-6-8/h2-7,13,16H,1H3. The quantitative estimate of drug-likeness (QED) is 0.659. The molecular weight excluding hydrogens is 254 g/mol. The Bertz CT molecular complexity index is 523. The molecule has 0 aliphatic rings. The lowest BCUT2D eigenvalue weighted by Crippen LogP contribution is -1.99. The molecule has 17 heavy (non-hydrogen) atoms. The molecular formula is C12H11NO2S2. The number of nitrogens with one attached hydrogen (secondary N) is 1. The van der Waals surface area contributed by atoms with E-state index in [9.17, 15) is 4.79 Å². The first-order chi connectivity index (χ1) is 8.26. The molecule has 5 heteroatoms. The molecule has 88 valence electrons. The maximum absolute atomic E-state index is 11.6. The summed E-state index contributed by atoms with van der Waals surface area (Å²) in [6.45, 7) is 0. The highest BCUT2D eigenvalue weighted by Crippen LogP contribution is 2.35. The first-order valence-electron chi connectivity index (χ1n) is 4.94. The van der Waals surface area contributed by atoms with E-state index in [0.717, 1.165) is 10.4 Å². The first kappa shape index (κ1) is 12.0. The number of hydrogen-bond acceptors (Lipinski definition) is 5. The minimum Gasteiger partial charge on any atom is -0.465 e. The Morgan fingerprint density at radius 2 is 2.06 bits per heavy atom. The molecule has 0 bridgehead atoms. The molecule has 0 aliphatic heterocycles. The van der Waals surface area contributed by atoms with Gasteiger partial charge in [-0.25, -0.2) is 4.79 Å². The number of esters is 1. The summed E-state index contributed by atoms with van der Waals surface area (Å²) in [4.78, 5) is 13.1. The van der Waals surface area contributed by atoms with Crippen LogP contribution in [0.25, 0.3) is 10.4 Å². The number of rotatable bonds is 3. The van der Waals surface area contributed by atoms with Crippen LogP contribution in [0.15, 0.2) is 36.4 Å². The van der Waals surface area contributed by atoms with Crippen LogP contribution in [-0.2, 0) is 4.74 Å². The molecule has 0 unspecified atom stereocenters. The highest BCUT2D eigenvalue weighted by Gasteiger charge is 2.16. The zero-order valence-corrected chi connectivity index (χ0v) is 10.8. The molecule has 1 heterocycles. The number of anilines is 1. The van der Waals surface area contributed by atoms with E-state index >= 15 is 0 Å². The van der Waals surface area contributed by atoms with Crippen molar-refractivity contribution in [3.63, 3.8) is 0 Å². The SMILES string of the molecule is COC(=O)c1sc(-c2ccccc2)cc1NS. The Kier molecular flexibility index (Phi) is 3.71. The average molecular weight is 265 g/mol. The summed E-state index contributed by atoms with van der Waals surface area (Å²) in [7, 11) is 1.37. The summed E-state index contributed by atoms with van der Waals surface area (Å²) < 4.78 is 7.43. The van der Waals surface area contributed by atoms with Gasteiger partial charge in [0, 0.05) is 4.88 Å². The number of carbonyl (C=O) groups excluding carboxylic acids is 1. The predicted octanol–water partition coefficient (Wildman–Crippen LogP) is 3.46. The number of ether oxygens (including phenoxy) is 1. The van der Waals surface area contributed by atoms with Crippen LogP contribution in [-0.4, -0.2) is 13.1 Å². The van der Waals surface area contributed by atoms with Gasteiger partial charge in [0.05, 0.1) is 12.8 Å². The topological polar surface area (TPSA) is 38.3 Å². The van der Waals surface area contributed by atoms with Crippen LogP contribution in [0.2, 0.25) is 0 Å². The molecule has 0 aliphatic carbocycles. The second kappa shape index (κ2) is 5.25. The van der Waals surface area contributed by atoms with E-state index in [0.29, 0.717) is 10.6 Å². The Hall–Kier alpha value is -1.46. The van der Waals surface area contributed by atoms with E-state index in [1.54, 1.807) is 0 Å². The third kappa shape index (κ3) is 2.45. The van der Waals surface area contributed by atoms with Crippen molar-refractivity contribution in [2.75, 3.05) is 11.8 Å². The number of thiol groups is 1. The van der Waals surface area contributed by atoms with E-state index in [1.807, 2.05) is 36.4 Å². The molecule has 1 N–H and O–H groups in total. The molecule has 1 aromatic carbocycles. The zero-order chi connectivity index (χ0) is 12.3. The van der Waals surface area contributed by atoms with Crippen LogP contribution in [0.4, 0.5) is 5.69 Å². The van der Waals surface area contributed by atoms with Gasteiger partial charge < -0.3 is 9.46 Å². The van der Waals surface area contributed by atoms with E-state index in [1.165, 1.54) is 18.4 Å². The molecule has 0 amide bonds. The van der Waals surface area contributed by atoms with Crippen molar-refractivity contribution >= 4 is 35.8 Å². The lowest BCUT2D eigenvalue weighted by Gasteiger charge is -1.98. The summed E-state index contributed by atoms with van der Waals surface area (Å²) in [6, 6.07) is 11.8. The van der Waals surface area contributed by atoms with Gasteiger partial charge in [0.25, 0.3) is 0 Å². The Balaban J connectivity index is 2.45. The van der Waals surface area contributed by atoms with Gasteiger partial charge in [-0.05, 0) is 11.6 Å². The van der Waals surface area contributed by atoms with Crippen LogP contribution >= 0.6 is 24.2 Å². The highest BCUT2D eigenvalue weighted by molar-refractivity contribution is 7.81. The van der Waals surface area contributed by atoms with Gasteiger partial charge in [-0.3, -0.25) is 0 Å². The molecule has 1 aromatic heterocycles. The van der Waals surface area contributed by atoms with Gasteiger partial charge >= 0.3 is 5.97 Å². The molecule has 2 rings (SSSR count). The molecule has 0 saturated heterocycles. The van der Waals surface area contributed by atoms with Crippen molar-refractivity contribution < 1.29 is 9.53 Å². The van der Waals surface area contributed by atoms with Crippen molar-refractivity contribution in [2.24, 2.45) is 0 Å². The fourth-order valence-electron chi connectivity index (χ4n) is 1.46. The smallest absolute Gasteiger partial charge is 0.350 e. The van der Waals surface area contributed by atoms with E-state index in [-0.39, 0.29) is 5.97 Å². The summed E-state index contributed by atoms with van der Waals surface area (Å²) in [5.41, 5.74) is 1.74. The Morgan fingerprint density at radius 3 is 2.65 bits per heavy atom. The van der Waals surface area contributed by atoms with Crippen LogP contribution in [0.1, 0.15) is 9.67 Å². The van der Waals surface area contributed by atoms with Crippen molar-refractivity contribution in [2.45, 2.75) is 0 Å². The lowest BCUT2D eigenvalue weighted by atomic mass is 10.2. The van der Waals surface area contributed by atoms with Gasteiger partial charge in [-0.15, -0.1) is 11.3 Å². The summed E-state index contributed by atoms with van der Waals surface area (Å²) in [5, 5.41) is 0. The second-order valence-corrected chi connectivity index (χ2v) is 4.60. The minimum absolute atomic E-state index is 0.353. The van der Waals surface area contributed by atoms with Crippen LogP contribution in [0.5, 0.6) is 0 Å². The maximum Gasteiger partial charge on any atom is 0.350 e. The molecule has 0 radical (unpaired) electrons. The normalized spacial score (nSPS) is 10.0. The van der Waals surface area contributed by atoms with Crippen molar-refractivity contribution in [1.82, 2.24) is 0 Å². The third-order valence-electron chi connectivity index (χ3n) is 2.28. The van der Waals surface area contributed by atoms with E-state index < -0.39 is 0 Å². The minimum atomic E-state index is -0.353. The summed E-state index contributed by atoms with van der Waals surface area (Å²) in [5.74, 6) is -0.353. The highest BCUT2D eigenvalue weighted by atomic mass is 32.1. The predicted molar refractivity (Wildman–Crippen MR) is 73.7 cm³/mol. The van der Waals surface area contributed by atoms with Gasteiger partial charge in [0.2, 0.25) is 0 Å². The summed E-state index contributed by atoms with van der Waals surface area (Å²) >= 11 is 5.37. The van der Waals surface area contributed by atoms with Crippen LogP contribution < -0.4 is 4.72 Å². The van der Waals surface area contributed by atoms with Crippen molar-refractivity contribution in [3.8, 4) is 10.4 Å². The van der Waals surface area contributed by atoms with Gasteiger partial charge in [-0.2, -0.15) is 0 Å². The van der Waals surface area contributed by atoms with Crippen LogP contribution in [0.3, 0.4) is 0 Å². The third-order valence-corrected chi connectivity index (χ3v) is 3.69. The average Bonchev–Trinajstić information content (AvgIpc) is 2.83. The van der Waals surface area contributed by atoms with E-state index in [4.69, 9.17) is 4.74 Å². The first-order valence-corrected chi connectivity index (χ1v) is 6.20. The number of hydrogen-bond donors (Lipinski definition) is 2. The van der Waals surface area contributed by atoms with Crippen molar-refractivity contribution in [1.29, 1.82) is 0 Å². The van der Waals surface area contributed by atoms with Gasteiger partial charge in [-0.1, -0.05) is 43.1 Å². The largest absolute Gasteiger partial charge is 0.465 e. The number of thiophene rings is 1. The van der Waals surface area contributed by atoms with E-state index in [2.05, 4.69) is 17.5 Å². The molecule has 0 atom stereocenters. The van der Waals surface area contributed by atoms with Crippen LogP contribution in [0, 0.1) is 0 Å². The number of methoxy groups -OCH3 is 1. The van der Waals surface area contributed by atoms with Gasteiger partial charge in [0.15, 0.2) is 0 Å². The van der Waals surface area contributed by atoms with Crippen molar-refractivity contribution in [3.05, 3.63) is 41.3 Å². The molecule has 0 spiro atoms. The second-order valence-electron chi connectivity index (χ2n) is 3.32. The monoisotopic (exact) mass is 265 g/mol. The van der Waals surface area contributed by atoms with Gasteiger partial charge in [0.1, 0.15) is 4.88 Å².